The fourth-order valence-corrected chi connectivity index (χ4v) is 2.70. The summed E-state index contributed by atoms with van der Waals surface area (Å²) in [5.74, 6) is -2.73. The summed E-state index contributed by atoms with van der Waals surface area (Å²) in [4.78, 5) is 13.9. The molecule has 2 aromatic rings. The second-order valence-corrected chi connectivity index (χ2v) is 4.95. The molecule has 1 atom stereocenters. The lowest BCUT2D eigenvalue weighted by Gasteiger charge is -2.23. The largest absolute Gasteiger partial charge is 0.507 e. The van der Waals surface area contributed by atoms with E-state index in [2.05, 4.69) is 0 Å². The van der Waals surface area contributed by atoms with E-state index >= 15 is 0 Å². The van der Waals surface area contributed by atoms with Gasteiger partial charge in [0, 0.05) is 18.7 Å². The molecule has 1 unspecified atom stereocenters. The molecule has 0 bridgehead atoms. The van der Waals surface area contributed by atoms with Crippen LogP contribution in [0.1, 0.15) is 35.0 Å². The lowest BCUT2D eigenvalue weighted by molar-refractivity contribution is 0.0711. The Hall–Kier alpha value is -2.37. The molecule has 6 heteroatoms. The molecule has 0 radical (unpaired) electrons. The van der Waals surface area contributed by atoms with E-state index in [4.69, 9.17) is 4.42 Å². The van der Waals surface area contributed by atoms with Gasteiger partial charge in [0.05, 0.1) is 12.3 Å². The number of hydrogen-bond donors (Lipinski definition) is 1. The minimum Gasteiger partial charge on any atom is -0.507 e. The Bertz CT molecular complexity index is 647. The third-order valence-corrected chi connectivity index (χ3v) is 3.63. The van der Waals surface area contributed by atoms with Crippen molar-refractivity contribution in [3.63, 3.8) is 0 Å². The van der Waals surface area contributed by atoms with Gasteiger partial charge in [0.15, 0.2) is 0 Å². The summed E-state index contributed by atoms with van der Waals surface area (Å²) in [6.45, 7) is 0.431. The van der Waals surface area contributed by atoms with Crippen LogP contribution in [0.2, 0.25) is 0 Å². The van der Waals surface area contributed by atoms with Gasteiger partial charge in [-0.25, -0.2) is 8.78 Å². The fraction of sp³-hybridized carbons (Fsp3) is 0.267. The molecule has 21 heavy (non-hydrogen) atoms. The highest BCUT2D eigenvalue weighted by atomic mass is 19.1. The number of aromatic hydroxyl groups is 1. The van der Waals surface area contributed by atoms with E-state index in [0.717, 1.165) is 12.5 Å². The highest BCUT2D eigenvalue weighted by molar-refractivity contribution is 5.97. The van der Waals surface area contributed by atoms with E-state index in [0.29, 0.717) is 24.8 Å². The van der Waals surface area contributed by atoms with Crippen LogP contribution in [0.4, 0.5) is 8.78 Å². The van der Waals surface area contributed by atoms with Crippen LogP contribution >= 0.6 is 0 Å². The number of amides is 1. The second-order valence-electron chi connectivity index (χ2n) is 4.95. The van der Waals surface area contributed by atoms with E-state index in [-0.39, 0.29) is 6.04 Å². The van der Waals surface area contributed by atoms with Crippen molar-refractivity contribution >= 4 is 5.91 Å². The highest BCUT2D eigenvalue weighted by Crippen LogP contribution is 2.35. The van der Waals surface area contributed by atoms with Crippen molar-refractivity contribution in [2.45, 2.75) is 18.9 Å². The zero-order chi connectivity index (χ0) is 15.0. The molecule has 1 amide bonds. The number of likely N-dealkylation sites (tertiary alicyclic amines) is 1. The SMILES string of the molecule is O=C(c1c(O)cc(F)cc1F)N1CCCC1c1ccco1. The van der Waals surface area contributed by atoms with Gasteiger partial charge in [-0.15, -0.1) is 0 Å². The molecule has 1 aliphatic rings. The summed E-state index contributed by atoms with van der Waals surface area (Å²) in [5, 5.41) is 9.67. The number of rotatable bonds is 2. The maximum absolute atomic E-state index is 13.8. The number of carbonyl (C=O) groups is 1. The molecule has 1 aromatic carbocycles. The van der Waals surface area contributed by atoms with Crippen molar-refractivity contribution in [3.05, 3.63) is 53.5 Å². The Balaban J connectivity index is 1.95. The van der Waals surface area contributed by atoms with Gasteiger partial charge in [-0.2, -0.15) is 0 Å². The third kappa shape index (κ3) is 2.37. The number of hydrogen-bond acceptors (Lipinski definition) is 3. The van der Waals surface area contributed by atoms with Crippen molar-refractivity contribution in [1.82, 2.24) is 4.90 Å². The van der Waals surface area contributed by atoms with Crippen LogP contribution in [0.5, 0.6) is 5.75 Å². The van der Waals surface area contributed by atoms with Crippen molar-refractivity contribution < 1.29 is 23.1 Å². The van der Waals surface area contributed by atoms with Crippen LogP contribution < -0.4 is 0 Å². The Kier molecular flexibility index (Phi) is 3.37. The summed E-state index contributed by atoms with van der Waals surface area (Å²) in [5.41, 5.74) is -0.505. The molecule has 1 N–H and O–H groups in total. The van der Waals surface area contributed by atoms with Crippen molar-refractivity contribution in [3.8, 4) is 5.75 Å². The van der Waals surface area contributed by atoms with Gasteiger partial charge < -0.3 is 14.4 Å². The number of furan rings is 1. The van der Waals surface area contributed by atoms with Gasteiger partial charge in [-0.3, -0.25) is 4.79 Å². The number of nitrogens with zero attached hydrogens (tertiary/aromatic N) is 1. The van der Waals surface area contributed by atoms with E-state index in [1.165, 1.54) is 11.2 Å². The Labute approximate surface area is 119 Å². The number of phenolic OH excluding ortho intramolecular Hbond substituents is 1. The van der Waals surface area contributed by atoms with Crippen LogP contribution in [0.3, 0.4) is 0 Å². The molecular weight excluding hydrogens is 280 g/mol. The maximum Gasteiger partial charge on any atom is 0.261 e. The predicted octanol–water partition coefficient (Wildman–Crippen LogP) is 3.24. The molecule has 1 aliphatic heterocycles. The predicted molar refractivity (Wildman–Crippen MR) is 69.7 cm³/mol. The number of carbonyl (C=O) groups excluding carboxylic acids is 1. The normalized spacial score (nSPS) is 18.2. The van der Waals surface area contributed by atoms with Gasteiger partial charge in [-0.1, -0.05) is 0 Å². The van der Waals surface area contributed by atoms with Crippen molar-refractivity contribution in [2.75, 3.05) is 6.54 Å². The monoisotopic (exact) mass is 293 g/mol. The van der Waals surface area contributed by atoms with Gasteiger partial charge >= 0.3 is 0 Å². The number of benzene rings is 1. The maximum atomic E-state index is 13.8. The molecule has 0 aliphatic carbocycles. The van der Waals surface area contributed by atoms with Crippen LogP contribution in [0.15, 0.2) is 34.9 Å². The van der Waals surface area contributed by atoms with Crippen molar-refractivity contribution in [1.29, 1.82) is 0 Å². The summed E-state index contributed by atoms with van der Waals surface area (Å²) in [6.07, 6.45) is 2.95. The first kappa shape index (κ1) is 13.6. The van der Waals surface area contributed by atoms with Gasteiger partial charge in [0.25, 0.3) is 5.91 Å². The third-order valence-electron chi connectivity index (χ3n) is 3.63. The van der Waals surface area contributed by atoms with E-state index in [9.17, 15) is 18.7 Å². The smallest absolute Gasteiger partial charge is 0.261 e. The second kappa shape index (κ2) is 5.20. The molecule has 110 valence electrons. The minimum atomic E-state index is -1.07. The lowest BCUT2D eigenvalue weighted by Crippen LogP contribution is -2.31. The molecular formula is C15H13F2NO3. The molecule has 2 heterocycles. The average molecular weight is 293 g/mol. The van der Waals surface area contributed by atoms with Crippen LogP contribution in [-0.2, 0) is 0 Å². The first-order valence-electron chi connectivity index (χ1n) is 6.60. The quantitative estimate of drug-likeness (QED) is 0.924. The van der Waals surface area contributed by atoms with E-state index in [1.807, 2.05) is 0 Å². The molecule has 1 aromatic heterocycles. The van der Waals surface area contributed by atoms with E-state index < -0.39 is 28.9 Å². The highest BCUT2D eigenvalue weighted by Gasteiger charge is 2.34. The fourth-order valence-electron chi connectivity index (χ4n) is 2.70. The standard InChI is InChI=1S/C15H13F2NO3/c16-9-7-10(17)14(12(19)8-9)15(20)18-5-1-3-11(18)13-4-2-6-21-13/h2,4,6-8,11,19H,1,3,5H2. The molecule has 0 spiro atoms. The summed E-state index contributed by atoms with van der Waals surface area (Å²) in [7, 11) is 0. The Morgan fingerprint density at radius 3 is 2.86 bits per heavy atom. The van der Waals surface area contributed by atoms with Gasteiger partial charge in [0.1, 0.15) is 28.7 Å². The van der Waals surface area contributed by atoms with Gasteiger partial charge in [-0.05, 0) is 25.0 Å². The molecule has 0 saturated carbocycles. The topological polar surface area (TPSA) is 53.7 Å². The van der Waals surface area contributed by atoms with Crippen LogP contribution in [0.25, 0.3) is 0 Å². The average Bonchev–Trinajstić information content (AvgIpc) is 3.08. The molecule has 1 saturated heterocycles. The minimum absolute atomic E-state index is 0.295. The zero-order valence-electron chi connectivity index (χ0n) is 11.1. The van der Waals surface area contributed by atoms with Gasteiger partial charge in [0.2, 0.25) is 0 Å². The van der Waals surface area contributed by atoms with Crippen LogP contribution in [-0.4, -0.2) is 22.5 Å². The molecule has 3 rings (SSSR count). The zero-order valence-corrected chi connectivity index (χ0v) is 11.1. The number of halogens is 2. The summed E-state index contributed by atoms with van der Waals surface area (Å²) < 4.78 is 32.1. The summed E-state index contributed by atoms with van der Waals surface area (Å²) in [6, 6.07) is 4.49. The van der Waals surface area contributed by atoms with E-state index in [1.54, 1.807) is 12.1 Å². The summed E-state index contributed by atoms with van der Waals surface area (Å²) >= 11 is 0. The Morgan fingerprint density at radius 2 is 2.19 bits per heavy atom. The Morgan fingerprint density at radius 1 is 1.38 bits per heavy atom. The lowest BCUT2D eigenvalue weighted by atomic mass is 10.1. The molecule has 4 nitrogen and oxygen atoms in total. The number of phenols is 1. The molecule has 1 fully saturated rings. The van der Waals surface area contributed by atoms with Crippen molar-refractivity contribution in [2.24, 2.45) is 0 Å². The van der Waals surface area contributed by atoms with Crippen LogP contribution in [0, 0.1) is 11.6 Å². The first-order chi connectivity index (χ1) is 10.1. The first-order valence-corrected chi connectivity index (χ1v) is 6.60.